The molecule has 1 aliphatic heterocycles. The molecule has 1 aromatic carbocycles. The molecule has 3 rings (SSSR count). The number of Topliss-reactive ketones (excluding diaryl/α,β-unsaturated/α-hetero) is 1. The molecule has 0 unspecified atom stereocenters. The predicted octanol–water partition coefficient (Wildman–Crippen LogP) is 3.93. The molecular weight excluding hydrogens is 377 g/mol. The lowest BCUT2D eigenvalue weighted by atomic mass is 10.1. The quantitative estimate of drug-likeness (QED) is 0.736. The van der Waals surface area contributed by atoms with Gasteiger partial charge in [-0.1, -0.05) is 12.1 Å². The standard InChI is InChI=1S/C19H19F3N2O2S/c1-13(25)16-6-7-17(27-16)18(26)24-10-8-23(9-11-24)12-14-2-4-15(5-3-14)19(20,21)22/h2-7H,8-12H2,1H3. The summed E-state index contributed by atoms with van der Waals surface area (Å²) in [5, 5.41) is 0. The second kappa shape index (κ2) is 7.82. The third-order valence-corrected chi connectivity index (χ3v) is 5.68. The molecule has 0 saturated carbocycles. The van der Waals surface area contributed by atoms with Crippen LogP contribution in [0.4, 0.5) is 13.2 Å². The van der Waals surface area contributed by atoms with E-state index in [0.717, 1.165) is 17.7 Å². The summed E-state index contributed by atoms with van der Waals surface area (Å²) in [6.07, 6.45) is -4.32. The Kier molecular flexibility index (Phi) is 5.67. The third-order valence-electron chi connectivity index (χ3n) is 4.51. The van der Waals surface area contributed by atoms with Gasteiger partial charge in [-0.25, -0.2) is 0 Å². The largest absolute Gasteiger partial charge is 0.416 e. The highest BCUT2D eigenvalue weighted by molar-refractivity contribution is 7.15. The highest BCUT2D eigenvalue weighted by Gasteiger charge is 2.30. The highest BCUT2D eigenvalue weighted by atomic mass is 32.1. The molecule has 144 valence electrons. The normalized spacial score (nSPS) is 15.8. The van der Waals surface area contributed by atoms with Crippen LogP contribution in [0.25, 0.3) is 0 Å². The first kappa shape index (κ1) is 19.6. The van der Waals surface area contributed by atoms with E-state index < -0.39 is 11.7 Å². The van der Waals surface area contributed by atoms with Gasteiger partial charge in [-0.05, 0) is 36.8 Å². The number of rotatable bonds is 4. The molecule has 0 radical (unpaired) electrons. The highest BCUT2D eigenvalue weighted by Crippen LogP contribution is 2.29. The zero-order valence-electron chi connectivity index (χ0n) is 14.8. The average molecular weight is 396 g/mol. The van der Waals surface area contributed by atoms with Crippen LogP contribution in [-0.4, -0.2) is 47.7 Å². The number of carbonyl (C=O) groups is 2. The van der Waals surface area contributed by atoms with E-state index >= 15 is 0 Å². The van der Waals surface area contributed by atoms with E-state index in [1.807, 2.05) is 0 Å². The van der Waals surface area contributed by atoms with Gasteiger partial charge in [0.25, 0.3) is 5.91 Å². The maximum absolute atomic E-state index is 12.6. The van der Waals surface area contributed by atoms with E-state index in [-0.39, 0.29) is 11.7 Å². The van der Waals surface area contributed by atoms with E-state index in [9.17, 15) is 22.8 Å². The predicted molar refractivity (Wildman–Crippen MR) is 96.9 cm³/mol. The molecular formula is C19H19F3N2O2S. The van der Waals surface area contributed by atoms with Crippen LogP contribution in [0.15, 0.2) is 36.4 Å². The van der Waals surface area contributed by atoms with Crippen molar-refractivity contribution in [2.75, 3.05) is 26.2 Å². The van der Waals surface area contributed by atoms with Gasteiger partial charge in [-0.3, -0.25) is 14.5 Å². The Morgan fingerprint density at radius 3 is 2.07 bits per heavy atom. The van der Waals surface area contributed by atoms with Crippen LogP contribution in [0.3, 0.4) is 0 Å². The zero-order valence-corrected chi connectivity index (χ0v) is 15.6. The first-order valence-electron chi connectivity index (χ1n) is 8.52. The van der Waals surface area contributed by atoms with E-state index in [0.29, 0.717) is 42.5 Å². The summed E-state index contributed by atoms with van der Waals surface area (Å²) >= 11 is 1.20. The fourth-order valence-corrected chi connectivity index (χ4v) is 3.83. The first-order valence-corrected chi connectivity index (χ1v) is 9.34. The second-order valence-corrected chi connectivity index (χ2v) is 7.57. The maximum Gasteiger partial charge on any atom is 0.416 e. The molecule has 8 heteroatoms. The van der Waals surface area contributed by atoms with Crippen molar-refractivity contribution in [3.63, 3.8) is 0 Å². The first-order chi connectivity index (χ1) is 12.7. The van der Waals surface area contributed by atoms with Crippen molar-refractivity contribution < 1.29 is 22.8 Å². The molecule has 0 N–H and O–H groups in total. The minimum absolute atomic E-state index is 0.0552. The summed E-state index contributed by atoms with van der Waals surface area (Å²) in [6.45, 7) is 4.42. The number of halogens is 3. The van der Waals surface area contributed by atoms with Crippen LogP contribution in [0.1, 0.15) is 37.4 Å². The third kappa shape index (κ3) is 4.75. The Morgan fingerprint density at radius 2 is 1.56 bits per heavy atom. The number of carbonyl (C=O) groups excluding carboxylic acids is 2. The molecule has 0 spiro atoms. The van der Waals surface area contributed by atoms with Crippen molar-refractivity contribution in [1.29, 1.82) is 0 Å². The SMILES string of the molecule is CC(=O)c1ccc(C(=O)N2CCN(Cc3ccc(C(F)(F)F)cc3)CC2)s1. The van der Waals surface area contributed by atoms with Gasteiger partial charge in [0.2, 0.25) is 0 Å². The Hall–Kier alpha value is -2.19. The number of benzene rings is 1. The molecule has 0 aliphatic carbocycles. The van der Waals surface area contributed by atoms with Crippen LogP contribution >= 0.6 is 11.3 Å². The Bertz CT molecular complexity index is 822. The van der Waals surface area contributed by atoms with Crippen molar-refractivity contribution in [3.8, 4) is 0 Å². The number of hydrogen-bond donors (Lipinski definition) is 0. The Labute approximate surface area is 159 Å². The van der Waals surface area contributed by atoms with Gasteiger partial charge in [0.15, 0.2) is 5.78 Å². The molecule has 1 amide bonds. The number of alkyl halides is 3. The summed E-state index contributed by atoms with van der Waals surface area (Å²) < 4.78 is 37.9. The zero-order chi connectivity index (χ0) is 19.6. The lowest BCUT2D eigenvalue weighted by Crippen LogP contribution is -2.48. The molecule has 27 heavy (non-hydrogen) atoms. The monoisotopic (exact) mass is 396 g/mol. The average Bonchev–Trinajstić information content (AvgIpc) is 3.12. The molecule has 4 nitrogen and oxygen atoms in total. The summed E-state index contributed by atoms with van der Waals surface area (Å²) in [6, 6.07) is 8.53. The van der Waals surface area contributed by atoms with Crippen molar-refractivity contribution in [1.82, 2.24) is 9.80 Å². The van der Waals surface area contributed by atoms with E-state index in [4.69, 9.17) is 0 Å². The minimum Gasteiger partial charge on any atom is -0.335 e. The number of nitrogens with zero attached hydrogens (tertiary/aromatic N) is 2. The van der Waals surface area contributed by atoms with Gasteiger partial charge < -0.3 is 4.90 Å². The molecule has 0 atom stereocenters. The molecule has 1 aromatic heterocycles. The molecule has 1 fully saturated rings. The maximum atomic E-state index is 12.6. The number of thiophene rings is 1. The number of piperazine rings is 1. The van der Waals surface area contributed by atoms with Gasteiger partial charge in [0.05, 0.1) is 15.3 Å². The van der Waals surface area contributed by atoms with Gasteiger partial charge in [0, 0.05) is 32.7 Å². The lowest BCUT2D eigenvalue weighted by molar-refractivity contribution is -0.137. The lowest BCUT2D eigenvalue weighted by Gasteiger charge is -2.34. The summed E-state index contributed by atoms with van der Waals surface area (Å²) in [4.78, 5) is 28.9. The fraction of sp³-hybridized carbons (Fsp3) is 0.368. The van der Waals surface area contributed by atoms with Crippen molar-refractivity contribution in [2.45, 2.75) is 19.6 Å². The number of hydrogen-bond acceptors (Lipinski definition) is 4. The van der Waals surface area contributed by atoms with Gasteiger partial charge in [0.1, 0.15) is 0 Å². The van der Waals surface area contributed by atoms with Gasteiger partial charge in [-0.15, -0.1) is 11.3 Å². The van der Waals surface area contributed by atoms with E-state index in [1.54, 1.807) is 17.0 Å². The topological polar surface area (TPSA) is 40.6 Å². The Morgan fingerprint density at radius 1 is 0.963 bits per heavy atom. The van der Waals surface area contributed by atoms with E-state index in [2.05, 4.69) is 4.90 Å². The van der Waals surface area contributed by atoms with Crippen molar-refractivity contribution in [3.05, 3.63) is 57.3 Å². The molecule has 0 bridgehead atoms. The van der Waals surface area contributed by atoms with Crippen LogP contribution in [0.5, 0.6) is 0 Å². The molecule has 2 heterocycles. The summed E-state index contributed by atoms with van der Waals surface area (Å²) in [7, 11) is 0. The van der Waals surface area contributed by atoms with Gasteiger partial charge in [-0.2, -0.15) is 13.2 Å². The minimum atomic E-state index is -4.32. The van der Waals surface area contributed by atoms with Crippen molar-refractivity contribution >= 4 is 23.0 Å². The molecule has 1 saturated heterocycles. The number of amides is 1. The van der Waals surface area contributed by atoms with E-state index in [1.165, 1.54) is 30.4 Å². The molecule has 1 aliphatic rings. The van der Waals surface area contributed by atoms with Crippen LogP contribution in [0.2, 0.25) is 0 Å². The summed E-state index contributed by atoms with van der Waals surface area (Å²) in [5.41, 5.74) is 0.162. The van der Waals surface area contributed by atoms with Crippen molar-refractivity contribution in [2.24, 2.45) is 0 Å². The number of ketones is 1. The smallest absolute Gasteiger partial charge is 0.335 e. The van der Waals surface area contributed by atoms with Crippen LogP contribution in [-0.2, 0) is 12.7 Å². The van der Waals surface area contributed by atoms with Crippen LogP contribution in [0, 0.1) is 0 Å². The summed E-state index contributed by atoms with van der Waals surface area (Å²) in [5.74, 6) is -0.137. The molecule has 2 aromatic rings. The fourth-order valence-electron chi connectivity index (χ4n) is 2.96. The Balaban J connectivity index is 1.54. The van der Waals surface area contributed by atoms with Crippen LogP contribution < -0.4 is 0 Å². The van der Waals surface area contributed by atoms with Gasteiger partial charge >= 0.3 is 6.18 Å². The second-order valence-electron chi connectivity index (χ2n) is 6.48.